The third kappa shape index (κ3) is 6.88. The zero-order valence-electron chi connectivity index (χ0n) is 12.4. The molecule has 1 aromatic carbocycles. The van der Waals surface area contributed by atoms with Gasteiger partial charge in [-0.1, -0.05) is 51.2 Å². The minimum atomic E-state index is -0.980. The molecule has 0 atom stereocenters. The molecule has 1 amide bonds. The largest absolute Gasteiger partial charge is 0.459 e. The minimum absolute atomic E-state index is 0.0287. The van der Waals surface area contributed by atoms with Crippen LogP contribution in [0, 0.1) is 5.82 Å². The molecule has 4 nitrogen and oxygen atoms in total. The van der Waals surface area contributed by atoms with Crippen molar-refractivity contribution in [1.82, 2.24) is 0 Å². The first-order valence-electron chi connectivity index (χ1n) is 7.37. The van der Waals surface area contributed by atoms with Crippen molar-refractivity contribution in [2.75, 3.05) is 11.9 Å². The summed E-state index contributed by atoms with van der Waals surface area (Å²) in [6.07, 6.45) is 6.39. The maximum absolute atomic E-state index is 13.3. The summed E-state index contributed by atoms with van der Waals surface area (Å²) in [5.41, 5.74) is -0.0287. The van der Waals surface area contributed by atoms with Gasteiger partial charge in [-0.25, -0.2) is 9.18 Å². The van der Waals surface area contributed by atoms with Gasteiger partial charge in [0.15, 0.2) is 0 Å². The van der Waals surface area contributed by atoms with Crippen LogP contribution in [-0.2, 0) is 14.3 Å². The predicted octanol–water partition coefficient (Wildman–Crippen LogP) is 3.67. The molecule has 0 fully saturated rings. The second kappa shape index (κ2) is 9.91. The maximum atomic E-state index is 13.3. The SMILES string of the molecule is CCCCCCCCOC(=O)C(=O)Nc1ccccc1F. The summed E-state index contributed by atoms with van der Waals surface area (Å²) >= 11 is 0. The van der Waals surface area contributed by atoms with Gasteiger partial charge in [-0.2, -0.15) is 0 Å². The van der Waals surface area contributed by atoms with Crippen molar-refractivity contribution in [3.8, 4) is 0 Å². The van der Waals surface area contributed by atoms with Crippen molar-refractivity contribution in [3.63, 3.8) is 0 Å². The predicted molar refractivity (Wildman–Crippen MR) is 79.4 cm³/mol. The molecule has 0 radical (unpaired) electrons. The van der Waals surface area contributed by atoms with Gasteiger partial charge in [0.05, 0.1) is 12.3 Å². The number of ether oxygens (including phenoxy) is 1. The lowest BCUT2D eigenvalue weighted by Crippen LogP contribution is -2.25. The molecule has 0 saturated heterocycles. The number of unbranched alkanes of at least 4 members (excludes halogenated alkanes) is 5. The van der Waals surface area contributed by atoms with E-state index in [2.05, 4.69) is 12.2 Å². The Morgan fingerprint density at radius 2 is 1.76 bits per heavy atom. The van der Waals surface area contributed by atoms with Crippen LogP contribution in [-0.4, -0.2) is 18.5 Å². The Morgan fingerprint density at radius 1 is 1.10 bits per heavy atom. The number of halogens is 1. The van der Waals surface area contributed by atoms with Crippen LogP contribution < -0.4 is 5.32 Å². The van der Waals surface area contributed by atoms with E-state index >= 15 is 0 Å². The monoisotopic (exact) mass is 295 g/mol. The Balaban J connectivity index is 2.20. The van der Waals surface area contributed by atoms with Crippen molar-refractivity contribution in [2.24, 2.45) is 0 Å². The topological polar surface area (TPSA) is 55.4 Å². The van der Waals surface area contributed by atoms with Gasteiger partial charge in [0, 0.05) is 0 Å². The van der Waals surface area contributed by atoms with E-state index in [1.54, 1.807) is 6.07 Å². The Bertz CT molecular complexity index is 463. The molecule has 116 valence electrons. The zero-order chi connectivity index (χ0) is 15.5. The summed E-state index contributed by atoms with van der Waals surface area (Å²) in [6, 6.07) is 5.66. The molecule has 0 aliphatic carbocycles. The number of hydrogen-bond donors (Lipinski definition) is 1. The lowest BCUT2D eigenvalue weighted by molar-refractivity contribution is -0.152. The molecule has 0 spiro atoms. The van der Waals surface area contributed by atoms with Crippen molar-refractivity contribution in [1.29, 1.82) is 0 Å². The summed E-state index contributed by atoms with van der Waals surface area (Å²) < 4.78 is 18.1. The molecule has 0 saturated carbocycles. The highest BCUT2D eigenvalue weighted by atomic mass is 19.1. The van der Waals surface area contributed by atoms with Gasteiger partial charge in [-0.05, 0) is 18.6 Å². The third-order valence-corrected chi connectivity index (χ3v) is 3.04. The molecule has 1 rings (SSSR count). The summed E-state index contributed by atoms with van der Waals surface area (Å²) in [5.74, 6) is -2.52. The fourth-order valence-corrected chi connectivity index (χ4v) is 1.85. The average molecular weight is 295 g/mol. The molecule has 0 aliphatic heterocycles. The molecular weight excluding hydrogens is 273 g/mol. The second-order valence-corrected chi connectivity index (χ2v) is 4.84. The standard InChI is InChI=1S/C16H22FNO3/c1-2-3-4-5-6-9-12-21-16(20)15(19)18-14-11-8-7-10-13(14)17/h7-8,10-11H,2-6,9,12H2,1H3,(H,18,19). The molecule has 0 unspecified atom stereocenters. The fourth-order valence-electron chi connectivity index (χ4n) is 1.85. The zero-order valence-corrected chi connectivity index (χ0v) is 12.4. The number of para-hydroxylation sites is 1. The average Bonchev–Trinajstić information content (AvgIpc) is 2.48. The van der Waals surface area contributed by atoms with Crippen LogP contribution in [0.3, 0.4) is 0 Å². The Morgan fingerprint density at radius 3 is 2.48 bits per heavy atom. The summed E-state index contributed by atoms with van der Waals surface area (Å²) in [5, 5.41) is 2.19. The molecule has 0 heterocycles. The minimum Gasteiger partial charge on any atom is -0.459 e. The first-order chi connectivity index (χ1) is 10.1. The summed E-state index contributed by atoms with van der Waals surface area (Å²) in [6.45, 7) is 2.37. The van der Waals surface area contributed by atoms with E-state index in [-0.39, 0.29) is 12.3 Å². The lowest BCUT2D eigenvalue weighted by Gasteiger charge is -2.06. The van der Waals surface area contributed by atoms with Crippen LogP contribution in [0.1, 0.15) is 45.4 Å². The Hall–Kier alpha value is -1.91. The van der Waals surface area contributed by atoms with Gasteiger partial charge < -0.3 is 10.1 Å². The number of benzene rings is 1. The molecule has 0 aromatic heterocycles. The molecular formula is C16H22FNO3. The van der Waals surface area contributed by atoms with Crippen LogP contribution in [0.5, 0.6) is 0 Å². The van der Waals surface area contributed by atoms with E-state index < -0.39 is 17.7 Å². The number of carbonyl (C=O) groups excluding carboxylic acids is 2. The fraction of sp³-hybridized carbons (Fsp3) is 0.500. The lowest BCUT2D eigenvalue weighted by atomic mass is 10.1. The number of amides is 1. The van der Waals surface area contributed by atoms with Crippen molar-refractivity contribution < 1.29 is 18.7 Å². The normalized spacial score (nSPS) is 10.2. The first-order valence-corrected chi connectivity index (χ1v) is 7.37. The van der Waals surface area contributed by atoms with Crippen LogP contribution in [0.15, 0.2) is 24.3 Å². The number of rotatable bonds is 8. The van der Waals surface area contributed by atoms with Gasteiger partial charge in [-0.3, -0.25) is 4.79 Å². The van der Waals surface area contributed by atoms with E-state index in [0.717, 1.165) is 19.3 Å². The molecule has 21 heavy (non-hydrogen) atoms. The first kappa shape index (κ1) is 17.1. The van der Waals surface area contributed by atoms with E-state index in [0.29, 0.717) is 0 Å². The van der Waals surface area contributed by atoms with Gasteiger partial charge in [0.25, 0.3) is 0 Å². The summed E-state index contributed by atoms with van der Waals surface area (Å²) in [7, 11) is 0. The van der Waals surface area contributed by atoms with Crippen LogP contribution in [0.25, 0.3) is 0 Å². The molecule has 1 N–H and O–H groups in total. The Kier molecular flexibility index (Phi) is 8.09. The maximum Gasteiger partial charge on any atom is 0.397 e. The number of hydrogen-bond acceptors (Lipinski definition) is 3. The van der Waals surface area contributed by atoms with Crippen LogP contribution in [0.2, 0.25) is 0 Å². The molecule has 1 aromatic rings. The van der Waals surface area contributed by atoms with Gasteiger partial charge in [0.2, 0.25) is 0 Å². The quantitative estimate of drug-likeness (QED) is 0.452. The van der Waals surface area contributed by atoms with E-state index in [1.165, 1.54) is 37.5 Å². The number of anilines is 1. The van der Waals surface area contributed by atoms with Crippen molar-refractivity contribution >= 4 is 17.6 Å². The number of nitrogens with one attached hydrogen (secondary N) is 1. The summed E-state index contributed by atoms with van der Waals surface area (Å²) in [4.78, 5) is 23.0. The molecule has 0 bridgehead atoms. The van der Waals surface area contributed by atoms with Crippen LogP contribution in [0.4, 0.5) is 10.1 Å². The van der Waals surface area contributed by atoms with Crippen molar-refractivity contribution in [2.45, 2.75) is 45.4 Å². The highest BCUT2D eigenvalue weighted by molar-refractivity contribution is 6.37. The van der Waals surface area contributed by atoms with Gasteiger partial charge in [-0.15, -0.1) is 0 Å². The van der Waals surface area contributed by atoms with Crippen molar-refractivity contribution in [3.05, 3.63) is 30.1 Å². The van der Waals surface area contributed by atoms with E-state index in [4.69, 9.17) is 4.74 Å². The Labute approximate surface area is 124 Å². The van der Waals surface area contributed by atoms with Gasteiger partial charge >= 0.3 is 11.9 Å². The van der Waals surface area contributed by atoms with Gasteiger partial charge in [0.1, 0.15) is 5.82 Å². The number of carbonyl (C=O) groups is 2. The second-order valence-electron chi connectivity index (χ2n) is 4.84. The molecule has 5 heteroatoms. The van der Waals surface area contributed by atoms with E-state index in [1.807, 2.05) is 0 Å². The third-order valence-electron chi connectivity index (χ3n) is 3.04. The smallest absolute Gasteiger partial charge is 0.397 e. The highest BCUT2D eigenvalue weighted by Gasteiger charge is 2.16. The number of esters is 1. The highest BCUT2D eigenvalue weighted by Crippen LogP contribution is 2.12. The van der Waals surface area contributed by atoms with E-state index in [9.17, 15) is 14.0 Å². The molecule has 0 aliphatic rings. The van der Waals surface area contributed by atoms with Crippen LogP contribution >= 0.6 is 0 Å².